The molecule has 5 aromatic rings. The van der Waals surface area contributed by atoms with Crippen LogP contribution in [0.3, 0.4) is 0 Å². The lowest BCUT2D eigenvalue weighted by atomic mass is 9.76. The van der Waals surface area contributed by atoms with Crippen LogP contribution in [0.2, 0.25) is 0 Å². The third kappa shape index (κ3) is 9.60. The largest absolute Gasteiger partial charge is 0.453 e. The number of benzene rings is 3. The van der Waals surface area contributed by atoms with Crippen molar-refractivity contribution in [1.29, 1.82) is 0 Å². The number of nitrogens with one attached hydrogen (secondary N) is 3. The lowest BCUT2D eigenvalue weighted by Gasteiger charge is -2.39. The zero-order valence-corrected chi connectivity index (χ0v) is 42.1. The Morgan fingerprint density at radius 3 is 1.69 bits per heavy atom. The van der Waals surface area contributed by atoms with Crippen LogP contribution in [-0.4, -0.2) is 87.0 Å². The van der Waals surface area contributed by atoms with E-state index < -0.39 is 53.5 Å². The molecule has 4 aliphatic heterocycles. The smallest absolute Gasteiger partial charge is 0.407 e. The van der Waals surface area contributed by atoms with Crippen LogP contribution >= 0.6 is 0 Å². The van der Waals surface area contributed by atoms with E-state index in [1.165, 1.54) is 63.5 Å². The summed E-state index contributed by atoms with van der Waals surface area (Å²) in [6, 6.07) is 5.50. The van der Waals surface area contributed by atoms with Crippen LogP contribution in [0.25, 0.3) is 22.1 Å². The summed E-state index contributed by atoms with van der Waals surface area (Å²) in [6.45, 7) is 9.71. The lowest BCUT2D eigenvalue weighted by Crippen LogP contribution is -2.51. The molecule has 385 valence electrons. The molecule has 13 nitrogen and oxygen atoms in total. The highest BCUT2D eigenvalue weighted by molar-refractivity contribution is 5.87. The first kappa shape index (κ1) is 49.7. The molecule has 1 saturated carbocycles. The number of imidazole rings is 2. The van der Waals surface area contributed by atoms with Gasteiger partial charge in [-0.15, -0.1) is 0 Å². The number of rotatable bonds is 12. The predicted octanol–water partition coefficient (Wildman–Crippen LogP) is 11.4. The van der Waals surface area contributed by atoms with E-state index >= 15 is 17.6 Å². The third-order valence-corrected chi connectivity index (χ3v) is 16.4. The number of alkyl carbamates (subject to hydrolysis) is 1. The molecule has 5 aliphatic rings. The van der Waals surface area contributed by atoms with Crippen LogP contribution in [-0.2, 0) is 14.3 Å². The second-order valence-corrected chi connectivity index (χ2v) is 21.7. The van der Waals surface area contributed by atoms with Crippen LogP contribution < -0.4 is 15.1 Å². The highest BCUT2D eigenvalue weighted by Gasteiger charge is 2.42. The minimum atomic E-state index is -0.836. The van der Waals surface area contributed by atoms with Crippen molar-refractivity contribution in [3.8, 4) is 0 Å². The number of nitrogens with zero attached hydrogens (tertiary/aromatic N) is 6. The molecule has 3 N–H and O–H groups in total. The molecule has 10 rings (SSSR count). The summed E-state index contributed by atoms with van der Waals surface area (Å²) in [5.41, 5.74) is 2.34. The molecule has 6 heterocycles. The number of carbonyl (C=O) groups excluding carboxylic acids is 3. The number of hydrogen-bond donors (Lipinski definition) is 3. The van der Waals surface area contributed by atoms with Crippen LogP contribution in [0.15, 0.2) is 36.4 Å². The quantitative estimate of drug-likeness (QED) is 0.105. The topological polar surface area (TPSA) is 143 Å². The van der Waals surface area contributed by atoms with E-state index in [9.17, 15) is 14.4 Å². The Hall–Kier alpha value is -5.87. The fraction of sp³-hybridized carbons (Fsp3) is 0.564. The number of amides is 3. The molecule has 5 atom stereocenters. The predicted molar refractivity (Wildman–Crippen MR) is 268 cm³/mol. The Balaban J connectivity index is 0.992. The van der Waals surface area contributed by atoms with E-state index in [4.69, 9.17) is 14.7 Å². The Morgan fingerprint density at radius 2 is 1.17 bits per heavy atom. The number of fused-ring (bicyclic) bond motifs is 2. The zero-order valence-electron chi connectivity index (χ0n) is 42.1. The van der Waals surface area contributed by atoms with Crippen molar-refractivity contribution in [2.24, 2.45) is 23.7 Å². The van der Waals surface area contributed by atoms with E-state index in [-0.39, 0.29) is 52.2 Å². The molecule has 3 amide bonds. The minimum absolute atomic E-state index is 0.0695. The highest BCUT2D eigenvalue weighted by atomic mass is 19.1. The van der Waals surface area contributed by atoms with Crippen molar-refractivity contribution >= 4 is 51.3 Å². The highest BCUT2D eigenvalue weighted by Crippen LogP contribution is 2.50. The van der Waals surface area contributed by atoms with Gasteiger partial charge in [-0.3, -0.25) is 9.59 Å². The second-order valence-electron chi connectivity index (χ2n) is 21.7. The van der Waals surface area contributed by atoms with Crippen molar-refractivity contribution < 1.29 is 36.7 Å². The molecule has 0 spiro atoms. The number of ether oxygens (including phenoxy) is 1. The number of anilines is 2. The van der Waals surface area contributed by atoms with E-state index in [0.29, 0.717) is 104 Å². The van der Waals surface area contributed by atoms with Crippen molar-refractivity contribution in [3.63, 3.8) is 0 Å². The first-order valence-corrected chi connectivity index (χ1v) is 26.4. The first-order valence-electron chi connectivity index (χ1n) is 26.4. The maximum atomic E-state index is 16.9. The van der Waals surface area contributed by atoms with Gasteiger partial charge in [0.15, 0.2) is 11.6 Å². The number of H-pyrrole nitrogens is 2. The van der Waals surface area contributed by atoms with E-state index in [1.807, 2.05) is 32.6 Å². The van der Waals surface area contributed by atoms with E-state index in [2.05, 4.69) is 15.3 Å². The van der Waals surface area contributed by atoms with Crippen molar-refractivity contribution in [3.05, 3.63) is 88.9 Å². The molecule has 5 fully saturated rings. The molecule has 4 saturated heterocycles. The normalized spacial score (nSPS) is 22.9. The summed E-state index contributed by atoms with van der Waals surface area (Å²) in [5, 5.41) is 2.67. The number of methoxy groups -OCH3 is 1. The fourth-order valence-corrected chi connectivity index (χ4v) is 12.8. The number of aromatic nitrogens is 4. The van der Waals surface area contributed by atoms with Crippen LogP contribution in [0, 0.1) is 53.4 Å². The van der Waals surface area contributed by atoms with Gasteiger partial charge in [0.1, 0.15) is 35.0 Å². The standard InChI is InChI=1S/C55H68F4N9O4/c1-30(2)23-49(69)66-19-9-13-47(66)52-60-41-26-35(37(56)28-43(41)62-52)45-15-16-46(68(45)34-24-39(58)51(40(59)25-34)65-21-17-33(18-22-65)32-11-7-6-8-12-32)36-27-42-44(29-38(36)57)63-53(61-42)48-14-10-20-67(48)54(70)50(31(3)4)64-55(71)72-5/h23-33,45-48,50H,6-22H2,1-5H3,(H,60,62)(H,61,63)(H,64,71)/t45-,46-,47+,48+,50+/m1/s1. The third-order valence-electron chi connectivity index (χ3n) is 16.4. The van der Waals surface area contributed by atoms with Crippen molar-refractivity contribution in [2.75, 3.05) is 43.1 Å². The molecule has 1 radical (unpaired) electrons. The monoisotopic (exact) mass is 995 g/mol. The van der Waals surface area contributed by atoms with Gasteiger partial charge in [-0.05, 0) is 111 Å². The summed E-state index contributed by atoms with van der Waals surface area (Å²) < 4.78 is 72.1. The number of halogens is 4. The number of piperidine rings is 1. The lowest BCUT2D eigenvalue weighted by molar-refractivity contribution is -0.135. The molecule has 3 aromatic carbocycles. The van der Waals surface area contributed by atoms with Crippen LogP contribution in [0.5, 0.6) is 0 Å². The minimum Gasteiger partial charge on any atom is -0.453 e. The molecule has 72 heavy (non-hydrogen) atoms. The van der Waals surface area contributed by atoms with Crippen LogP contribution in [0.4, 0.5) is 33.7 Å². The summed E-state index contributed by atoms with van der Waals surface area (Å²) in [5.74, 6) is -0.859. The van der Waals surface area contributed by atoms with Gasteiger partial charge in [0.25, 0.3) is 0 Å². The molecule has 1 aliphatic carbocycles. The number of hydrogen-bond acceptors (Lipinski definition) is 8. The number of likely N-dealkylation sites (tertiary alicyclic amines) is 2. The molecule has 0 bridgehead atoms. The van der Waals surface area contributed by atoms with Gasteiger partial charge >= 0.3 is 6.09 Å². The first-order chi connectivity index (χ1) is 34.7. The second kappa shape index (κ2) is 20.6. The molecular weight excluding hydrogens is 927 g/mol. The van der Waals surface area contributed by atoms with Gasteiger partial charge in [0.05, 0.1) is 59.8 Å². The summed E-state index contributed by atoms with van der Waals surface area (Å²) in [7, 11) is 1.24. The zero-order chi connectivity index (χ0) is 50.5. The van der Waals surface area contributed by atoms with Gasteiger partial charge in [-0.25, -0.2) is 32.3 Å². The molecular formula is C55H68F4N9O4. The summed E-state index contributed by atoms with van der Waals surface area (Å²) in [6.07, 6.45) is 12.4. The van der Waals surface area contributed by atoms with E-state index in [1.54, 1.807) is 33.3 Å². The van der Waals surface area contributed by atoms with E-state index in [0.717, 1.165) is 19.3 Å². The van der Waals surface area contributed by atoms with Gasteiger partial charge < -0.3 is 39.6 Å². The van der Waals surface area contributed by atoms with Crippen LogP contribution in [0.1, 0.15) is 158 Å². The van der Waals surface area contributed by atoms with Gasteiger partial charge in [0.2, 0.25) is 11.8 Å². The molecule has 0 unspecified atom stereocenters. The Labute approximate surface area is 418 Å². The fourth-order valence-electron chi connectivity index (χ4n) is 12.8. The summed E-state index contributed by atoms with van der Waals surface area (Å²) >= 11 is 0. The van der Waals surface area contributed by atoms with Gasteiger partial charge in [0, 0.05) is 43.0 Å². The molecule has 2 aromatic heterocycles. The number of aromatic amines is 2. The average molecular weight is 995 g/mol. The Kier molecular flexibility index (Phi) is 14.2. The maximum absolute atomic E-state index is 16.9. The van der Waals surface area contributed by atoms with Crippen molar-refractivity contribution in [1.82, 2.24) is 35.1 Å². The molecule has 17 heteroatoms. The summed E-state index contributed by atoms with van der Waals surface area (Å²) in [4.78, 5) is 62.8. The Morgan fingerprint density at radius 1 is 0.639 bits per heavy atom. The number of carbonyl (C=O) groups is 3. The van der Waals surface area contributed by atoms with Gasteiger partial charge in [-0.2, -0.15) is 0 Å². The average Bonchev–Trinajstić information content (AvgIpc) is 4.22. The van der Waals surface area contributed by atoms with Crippen molar-refractivity contribution in [2.45, 2.75) is 141 Å². The maximum Gasteiger partial charge on any atom is 0.407 e. The Bertz CT molecular complexity index is 2790. The van der Waals surface area contributed by atoms with Gasteiger partial charge in [-0.1, -0.05) is 59.8 Å². The SMILES string of the molecule is COC(=O)N[C@H](C(=O)N1CCC[C@H]1c1nc2cc([C@H]3CC[C@H](c4cc5nc([C@@H]6CCCN6C(=O)[CH]C(C)C)[nH]c5cc4F)N3c3cc(F)c(N4CCC(C5CCCCC5)CC4)c(F)c3)c(F)cc2[nH]1)C(C)C.